The van der Waals surface area contributed by atoms with Crippen LogP contribution in [0.1, 0.15) is 55.3 Å². The molecule has 32 heavy (non-hydrogen) atoms. The van der Waals surface area contributed by atoms with Gasteiger partial charge in [-0.15, -0.1) is 0 Å². The van der Waals surface area contributed by atoms with E-state index in [0.717, 1.165) is 12.8 Å². The van der Waals surface area contributed by atoms with Crippen LogP contribution in [0.4, 0.5) is 0 Å². The maximum absolute atomic E-state index is 13.4. The second-order valence-corrected chi connectivity index (χ2v) is 7.96. The molecule has 1 aliphatic rings. The van der Waals surface area contributed by atoms with Gasteiger partial charge in [0, 0.05) is 37.0 Å². The molecular weight excluding hydrogens is 412 g/mol. The van der Waals surface area contributed by atoms with Gasteiger partial charge in [0.2, 0.25) is 0 Å². The molecule has 8 heteroatoms. The van der Waals surface area contributed by atoms with E-state index in [9.17, 15) is 14.4 Å². The van der Waals surface area contributed by atoms with Crippen LogP contribution in [0.5, 0.6) is 5.75 Å². The molecule has 0 saturated carbocycles. The van der Waals surface area contributed by atoms with E-state index in [1.165, 1.54) is 19.1 Å². The van der Waals surface area contributed by atoms with Crippen molar-refractivity contribution in [1.82, 2.24) is 9.47 Å². The summed E-state index contributed by atoms with van der Waals surface area (Å²) in [4.78, 5) is 40.5. The van der Waals surface area contributed by atoms with E-state index in [1.54, 1.807) is 49.7 Å². The van der Waals surface area contributed by atoms with Crippen LogP contribution in [0.2, 0.25) is 0 Å². The van der Waals surface area contributed by atoms with Crippen LogP contribution in [0, 0.1) is 13.8 Å². The number of ketones is 1. The summed E-state index contributed by atoms with van der Waals surface area (Å²) in [6.45, 7) is 4.35. The zero-order chi connectivity index (χ0) is 23.4. The predicted molar refractivity (Wildman–Crippen MR) is 118 cm³/mol. The third kappa shape index (κ3) is 4.70. The smallest absolute Gasteiger partial charge is 0.354 e. The molecule has 1 atom stereocenters. The van der Waals surface area contributed by atoms with Gasteiger partial charge >= 0.3 is 5.97 Å². The first kappa shape index (κ1) is 23.5. The van der Waals surface area contributed by atoms with Crippen molar-refractivity contribution >= 4 is 17.7 Å². The maximum atomic E-state index is 13.4. The molecule has 1 aliphatic heterocycles. The number of hydrogen-bond donors (Lipinski definition) is 0. The SMILES string of the molecule is COC(=O)c1c(C)c(C(=O)CN(C[C@@H]2CCCO2)C(=O)c2cccc(OC)c2)c(C)n1C. The van der Waals surface area contributed by atoms with Crippen LogP contribution in [0.3, 0.4) is 0 Å². The van der Waals surface area contributed by atoms with Crippen molar-refractivity contribution in [2.45, 2.75) is 32.8 Å². The summed E-state index contributed by atoms with van der Waals surface area (Å²) in [5.41, 5.74) is 2.40. The number of rotatable bonds is 8. The summed E-state index contributed by atoms with van der Waals surface area (Å²) in [7, 11) is 4.57. The fraction of sp³-hybridized carbons (Fsp3) is 0.458. The van der Waals surface area contributed by atoms with E-state index < -0.39 is 5.97 Å². The normalized spacial score (nSPS) is 15.5. The highest BCUT2D eigenvalue weighted by Crippen LogP contribution is 2.24. The lowest BCUT2D eigenvalue weighted by Crippen LogP contribution is -2.41. The Morgan fingerprint density at radius 2 is 1.97 bits per heavy atom. The van der Waals surface area contributed by atoms with Gasteiger partial charge < -0.3 is 23.7 Å². The van der Waals surface area contributed by atoms with E-state index >= 15 is 0 Å². The molecule has 1 fully saturated rings. The Hall–Kier alpha value is -3.13. The van der Waals surface area contributed by atoms with Gasteiger partial charge in [-0.2, -0.15) is 0 Å². The fourth-order valence-corrected chi connectivity index (χ4v) is 4.22. The highest BCUT2D eigenvalue weighted by atomic mass is 16.5. The molecule has 0 bridgehead atoms. The third-order valence-corrected chi connectivity index (χ3v) is 5.97. The standard InChI is InChI=1S/C24H30N2O6/c1-15-21(16(2)25(3)22(15)24(29)31-5)20(27)14-26(13-19-10-7-11-32-19)23(28)17-8-6-9-18(12-17)30-4/h6,8-9,12,19H,7,10-11,13-14H2,1-5H3/t19-/m0/s1. The third-order valence-electron chi connectivity index (χ3n) is 5.97. The number of benzene rings is 1. The van der Waals surface area contributed by atoms with E-state index in [-0.39, 0.29) is 24.3 Å². The lowest BCUT2D eigenvalue weighted by molar-refractivity contribution is 0.0506. The highest BCUT2D eigenvalue weighted by molar-refractivity contribution is 6.06. The Labute approximate surface area is 188 Å². The lowest BCUT2D eigenvalue weighted by Gasteiger charge is -2.25. The number of methoxy groups -OCH3 is 2. The molecule has 1 amide bonds. The first-order chi connectivity index (χ1) is 15.3. The van der Waals surface area contributed by atoms with Crippen LogP contribution in [-0.2, 0) is 16.5 Å². The van der Waals surface area contributed by atoms with Crippen molar-refractivity contribution in [2.24, 2.45) is 7.05 Å². The van der Waals surface area contributed by atoms with Gasteiger partial charge in [0.25, 0.3) is 5.91 Å². The van der Waals surface area contributed by atoms with Crippen molar-refractivity contribution in [1.29, 1.82) is 0 Å². The first-order valence-electron chi connectivity index (χ1n) is 10.6. The number of Topliss-reactive ketones (excluding diaryl/α,β-unsaturated/α-hetero) is 1. The number of nitrogens with zero attached hydrogens (tertiary/aromatic N) is 2. The van der Waals surface area contributed by atoms with E-state index in [4.69, 9.17) is 14.2 Å². The van der Waals surface area contributed by atoms with Crippen molar-refractivity contribution in [3.05, 3.63) is 52.3 Å². The Kier molecular flexibility index (Phi) is 7.35. The zero-order valence-electron chi connectivity index (χ0n) is 19.3. The van der Waals surface area contributed by atoms with E-state index in [0.29, 0.717) is 47.0 Å². The molecule has 2 heterocycles. The van der Waals surface area contributed by atoms with Crippen molar-refractivity contribution < 1.29 is 28.6 Å². The number of aromatic nitrogens is 1. The van der Waals surface area contributed by atoms with E-state index in [1.807, 2.05) is 0 Å². The molecular formula is C24H30N2O6. The predicted octanol–water partition coefficient (Wildman–Crippen LogP) is 2.94. The van der Waals surface area contributed by atoms with Crippen LogP contribution < -0.4 is 4.74 Å². The van der Waals surface area contributed by atoms with Gasteiger partial charge in [0.1, 0.15) is 11.4 Å². The van der Waals surface area contributed by atoms with Gasteiger partial charge in [0.15, 0.2) is 5.78 Å². The summed E-state index contributed by atoms with van der Waals surface area (Å²) >= 11 is 0. The fourth-order valence-electron chi connectivity index (χ4n) is 4.22. The minimum atomic E-state index is -0.504. The number of carbonyl (C=O) groups excluding carboxylic acids is 3. The second kappa shape index (κ2) is 9.99. The molecule has 0 unspecified atom stereocenters. The van der Waals surface area contributed by atoms with Crippen LogP contribution in [0.25, 0.3) is 0 Å². The number of hydrogen-bond acceptors (Lipinski definition) is 6. The number of esters is 1. The quantitative estimate of drug-likeness (QED) is 0.462. The van der Waals surface area contributed by atoms with Crippen molar-refractivity contribution in [3.63, 3.8) is 0 Å². The Morgan fingerprint density at radius 1 is 1.22 bits per heavy atom. The minimum absolute atomic E-state index is 0.110. The Morgan fingerprint density at radius 3 is 2.59 bits per heavy atom. The topological polar surface area (TPSA) is 87.1 Å². The molecule has 1 aromatic carbocycles. The van der Waals surface area contributed by atoms with Gasteiger partial charge in [0.05, 0.1) is 26.9 Å². The lowest BCUT2D eigenvalue weighted by atomic mass is 10.0. The molecule has 172 valence electrons. The minimum Gasteiger partial charge on any atom is -0.497 e. The van der Waals surface area contributed by atoms with Crippen LogP contribution in [-0.4, -0.2) is 67.1 Å². The Bertz CT molecular complexity index is 1020. The molecule has 0 spiro atoms. The molecule has 0 aliphatic carbocycles. The molecule has 1 saturated heterocycles. The summed E-state index contributed by atoms with van der Waals surface area (Å²) in [6, 6.07) is 6.86. The zero-order valence-corrected chi connectivity index (χ0v) is 19.3. The molecule has 0 radical (unpaired) electrons. The second-order valence-electron chi connectivity index (χ2n) is 7.96. The first-order valence-corrected chi connectivity index (χ1v) is 10.6. The number of amides is 1. The summed E-state index contributed by atoms with van der Waals surface area (Å²) in [5.74, 6) is -0.445. The van der Waals surface area contributed by atoms with Gasteiger partial charge in [-0.1, -0.05) is 6.07 Å². The summed E-state index contributed by atoms with van der Waals surface area (Å²) in [6.07, 6.45) is 1.66. The van der Waals surface area contributed by atoms with Gasteiger partial charge in [-0.05, 0) is 50.5 Å². The largest absolute Gasteiger partial charge is 0.497 e. The van der Waals surface area contributed by atoms with Crippen molar-refractivity contribution in [2.75, 3.05) is 33.9 Å². The van der Waals surface area contributed by atoms with Crippen LogP contribution >= 0.6 is 0 Å². The van der Waals surface area contributed by atoms with E-state index in [2.05, 4.69) is 0 Å². The average Bonchev–Trinajstić information content (AvgIpc) is 3.38. The summed E-state index contributed by atoms with van der Waals surface area (Å²) in [5, 5.41) is 0. The summed E-state index contributed by atoms with van der Waals surface area (Å²) < 4.78 is 17.5. The Balaban J connectivity index is 1.92. The van der Waals surface area contributed by atoms with Crippen molar-refractivity contribution in [3.8, 4) is 5.75 Å². The highest BCUT2D eigenvalue weighted by Gasteiger charge is 2.30. The van der Waals surface area contributed by atoms with Gasteiger partial charge in [-0.3, -0.25) is 9.59 Å². The van der Waals surface area contributed by atoms with Gasteiger partial charge in [-0.25, -0.2) is 4.79 Å². The number of carbonyl (C=O) groups is 3. The molecule has 3 rings (SSSR count). The number of ether oxygens (including phenoxy) is 3. The molecule has 0 N–H and O–H groups in total. The molecule has 1 aromatic heterocycles. The molecule has 8 nitrogen and oxygen atoms in total. The van der Waals surface area contributed by atoms with Crippen LogP contribution in [0.15, 0.2) is 24.3 Å². The average molecular weight is 443 g/mol. The monoisotopic (exact) mass is 442 g/mol. The molecule has 2 aromatic rings. The maximum Gasteiger partial charge on any atom is 0.354 e.